The number of rotatable bonds is 11. The number of nitrogens with zero attached hydrogens (tertiary/aromatic N) is 2. The summed E-state index contributed by atoms with van der Waals surface area (Å²) in [6, 6.07) is 11.3. The third-order valence-electron chi connectivity index (χ3n) is 5.47. The van der Waals surface area contributed by atoms with E-state index in [0.717, 1.165) is 43.6 Å². The van der Waals surface area contributed by atoms with Crippen LogP contribution in [0.4, 0.5) is 20.8 Å². The standard InChI is InChI=1S/C25H32FN7O2/c1-17-14-20(8-9-22(17)26)30-25(35)32-24-29-15-21(23(34)31-24)19-6-4-18(5-7-19)16-33(12-2-10-27)13-3-11-28/h4-9,14-15H,2-3,10-13,16,27-28H2,1H3,(H3,29,30,31,32,34,35). The number of hydrogen-bond donors (Lipinski definition) is 5. The molecular formula is C25H32FN7O2. The predicted molar refractivity (Wildman–Crippen MR) is 137 cm³/mol. The maximum Gasteiger partial charge on any atom is 0.326 e. The molecule has 0 fully saturated rings. The highest BCUT2D eigenvalue weighted by molar-refractivity contribution is 5.98. The van der Waals surface area contributed by atoms with Crippen LogP contribution in [0.25, 0.3) is 11.1 Å². The molecule has 0 aliphatic rings. The van der Waals surface area contributed by atoms with Gasteiger partial charge < -0.3 is 21.8 Å². The lowest BCUT2D eigenvalue weighted by Crippen LogP contribution is -2.28. The first-order chi connectivity index (χ1) is 16.9. The molecule has 0 saturated carbocycles. The maximum absolute atomic E-state index is 13.4. The van der Waals surface area contributed by atoms with Crippen molar-refractivity contribution in [1.82, 2.24) is 14.9 Å². The second kappa shape index (κ2) is 12.7. The summed E-state index contributed by atoms with van der Waals surface area (Å²) < 4.78 is 13.4. The van der Waals surface area contributed by atoms with Gasteiger partial charge in [0.25, 0.3) is 5.56 Å². The van der Waals surface area contributed by atoms with Gasteiger partial charge in [-0.15, -0.1) is 0 Å². The number of benzene rings is 2. The number of halogens is 1. The van der Waals surface area contributed by atoms with E-state index < -0.39 is 11.6 Å². The van der Waals surface area contributed by atoms with E-state index in [4.69, 9.17) is 11.5 Å². The molecule has 0 radical (unpaired) electrons. The molecule has 2 aromatic carbocycles. The molecule has 7 N–H and O–H groups in total. The summed E-state index contributed by atoms with van der Waals surface area (Å²) in [6.07, 6.45) is 3.36. The third kappa shape index (κ3) is 7.71. The Balaban J connectivity index is 1.63. The summed E-state index contributed by atoms with van der Waals surface area (Å²) in [4.78, 5) is 33.9. The van der Waals surface area contributed by atoms with Gasteiger partial charge in [0.2, 0.25) is 5.95 Å². The number of hydrogen-bond acceptors (Lipinski definition) is 6. The van der Waals surface area contributed by atoms with Crippen molar-refractivity contribution in [3.8, 4) is 11.1 Å². The van der Waals surface area contributed by atoms with E-state index in [9.17, 15) is 14.0 Å². The van der Waals surface area contributed by atoms with Crippen molar-refractivity contribution < 1.29 is 9.18 Å². The van der Waals surface area contributed by atoms with Gasteiger partial charge in [-0.1, -0.05) is 24.3 Å². The Kier molecular flexibility index (Phi) is 9.47. The van der Waals surface area contributed by atoms with Gasteiger partial charge in [0, 0.05) is 18.4 Å². The number of H-pyrrole nitrogens is 1. The van der Waals surface area contributed by atoms with Crippen molar-refractivity contribution >= 4 is 17.7 Å². The van der Waals surface area contributed by atoms with Gasteiger partial charge in [0.05, 0.1) is 5.56 Å². The highest BCUT2D eigenvalue weighted by Crippen LogP contribution is 2.18. The molecule has 186 valence electrons. The first-order valence-corrected chi connectivity index (χ1v) is 11.5. The van der Waals surface area contributed by atoms with Crippen molar-refractivity contribution in [2.24, 2.45) is 11.5 Å². The number of aromatic nitrogens is 2. The van der Waals surface area contributed by atoms with E-state index >= 15 is 0 Å². The fourth-order valence-electron chi connectivity index (χ4n) is 3.61. The van der Waals surface area contributed by atoms with Crippen LogP contribution in [0, 0.1) is 12.7 Å². The van der Waals surface area contributed by atoms with Crippen molar-refractivity contribution in [3.05, 3.63) is 76.0 Å². The monoisotopic (exact) mass is 481 g/mol. The number of anilines is 2. The summed E-state index contributed by atoms with van der Waals surface area (Å²) in [5, 5.41) is 5.05. The molecule has 1 heterocycles. The van der Waals surface area contributed by atoms with Crippen LogP contribution in [-0.4, -0.2) is 47.1 Å². The zero-order valence-corrected chi connectivity index (χ0v) is 19.8. The van der Waals surface area contributed by atoms with Crippen molar-refractivity contribution in [2.45, 2.75) is 26.3 Å². The molecule has 10 heteroatoms. The molecule has 2 amide bonds. The van der Waals surface area contributed by atoms with Gasteiger partial charge in [-0.2, -0.15) is 4.98 Å². The van der Waals surface area contributed by atoms with Gasteiger partial charge in [-0.05, 0) is 80.8 Å². The fraction of sp³-hybridized carbons (Fsp3) is 0.320. The van der Waals surface area contributed by atoms with Crippen LogP contribution in [0.2, 0.25) is 0 Å². The van der Waals surface area contributed by atoms with Gasteiger partial charge in [-0.3, -0.25) is 15.0 Å². The molecule has 0 saturated heterocycles. The van der Waals surface area contributed by atoms with E-state index in [1.54, 1.807) is 6.92 Å². The normalized spacial score (nSPS) is 11.0. The van der Waals surface area contributed by atoms with Crippen LogP contribution in [0.15, 0.2) is 53.5 Å². The maximum atomic E-state index is 13.4. The van der Waals surface area contributed by atoms with E-state index in [1.165, 1.54) is 24.4 Å². The Morgan fingerprint density at radius 2 is 1.74 bits per heavy atom. The molecule has 35 heavy (non-hydrogen) atoms. The summed E-state index contributed by atoms with van der Waals surface area (Å²) in [7, 11) is 0. The zero-order chi connectivity index (χ0) is 25.2. The van der Waals surface area contributed by atoms with Crippen LogP contribution >= 0.6 is 0 Å². The molecule has 0 aliphatic carbocycles. The number of carbonyl (C=O) groups is 1. The number of aryl methyl sites for hydroxylation is 1. The Morgan fingerprint density at radius 3 is 2.34 bits per heavy atom. The molecule has 0 atom stereocenters. The molecule has 0 aliphatic heterocycles. The molecule has 0 unspecified atom stereocenters. The average molecular weight is 482 g/mol. The SMILES string of the molecule is Cc1cc(NC(=O)Nc2nc(=O)c(-c3ccc(CN(CCCN)CCCN)cc3)c[nH]2)ccc1F. The van der Waals surface area contributed by atoms with Crippen LogP contribution in [-0.2, 0) is 6.54 Å². The highest BCUT2D eigenvalue weighted by atomic mass is 19.1. The number of aromatic amines is 1. The molecule has 1 aromatic heterocycles. The predicted octanol–water partition coefficient (Wildman–Crippen LogP) is 3.03. The average Bonchev–Trinajstić information content (AvgIpc) is 2.84. The summed E-state index contributed by atoms with van der Waals surface area (Å²) in [5.41, 5.74) is 13.9. The van der Waals surface area contributed by atoms with E-state index in [1.807, 2.05) is 24.3 Å². The zero-order valence-electron chi connectivity index (χ0n) is 19.8. The van der Waals surface area contributed by atoms with Gasteiger partial charge >= 0.3 is 6.03 Å². The molecule has 3 rings (SSSR count). The van der Waals surface area contributed by atoms with E-state index in [-0.39, 0.29) is 11.8 Å². The van der Waals surface area contributed by atoms with Crippen molar-refractivity contribution in [3.63, 3.8) is 0 Å². The number of urea groups is 1. The topological polar surface area (TPSA) is 142 Å². The van der Waals surface area contributed by atoms with Crippen LogP contribution in [0.3, 0.4) is 0 Å². The molecule has 9 nitrogen and oxygen atoms in total. The van der Waals surface area contributed by atoms with E-state index in [0.29, 0.717) is 29.9 Å². The molecular weight excluding hydrogens is 449 g/mol. The fourth-order valence-corrected chi connectivity index (χ4v) is 3.61. The minimum absolute atomic E-state index is 0.00199. The number of amides is 2. The van der Waals surface area contributed by atoms with Crippen LogP contribution in [0.1, 0.15) is 24.0 Å². The minimum atomic E-state index is -0.606. The van der Waals surface area contributed by atoms with Gasteiger partial charge in [-0.25, -0.2) is 9.18 Å². The molecule has 0 spiro atoms. The van der Waals surface area contributed by atoms with Crippen molar-refractivity contribution in [2.75, 3.05) is 36.8 Å². The van der Waals surface area contributed by atoms with Crippen molar-refractivity contribution in [1.29, 1.82) is 0 Å². The van der Waals surface area contributed by atoms with Crippen LogP contribution < -0.4 is 27.7 Å². The molecule has 0 bridgehead atoms. The summed E-state index contributed by atoms with van der Waals surface area (Å²) >= 11 is 0. The Bertz CT molecular complexity index is 1170. The van der Waals surface area contributed by atoms with Gasteiger partial charge in [0.1, 0.15) is 5.82 Å². The second-order valence-electron chi connectivity index (χ2n) is 8.27. The smallest absolute Gasteiger partial charge is 0.326 e. The minimum Gasteiger partial charge on any atom is -0.331 e. The number of carbonyl (C=O) groups excluding carboxylic acids is 1. The van der Waals surface area contributed by atoms with Gasteiger partial charge in [0.15, 0.2) is 0 Å². The van der Waals surface area contributed by atoms with E-state index in [2.05, 4.69) is 25.5 Å². The second-order valence-corrected chi connectivity index (χ2v) is 8.27. The number of nitrogens with two attached hydrogens (primary N) is 2. The first-order valence-electron chi connectivity index (χ1n) is 11.5. The lowest BCUT2D eigenvalue weighted by molar-refractivity contribution is 0.262. The largest absolute Gasteiger partial charge is 0.331 e. The highest BCUT2D eigenvalue weighted by Gasteiger charge is 2.11. The van der Waals surface area contributed by atoms with Crippen LogP contribution in [0.5, 0.6) is 0 Å². The lowest BCUT2D eigenvalue weighted by atomic mass is 10.1. The lowest BCUT2D eigenvalue weighted by Gasteiger charge is -2.22. The quantitative estimate of drug-likeness (QED) is 0.285. The first kappa shape index (κ1) is 26.0. The Morgan fingerprint density at radius 1 is 1.06 bits per heavy atom. The number of nitrogens with one attached hydrogen (secondary N) is 3. The molecule has 3 aromatic rings. The summed E-state index contributed by atoms with van der Waals surface area (Å²) in [5.74, 6) is -0.358. The Labute approximate surface area is 203 Å². The Hall–Kier alpha value is -3.60. The third-order valence-corrected chi connectivity index (χ3v) is 5.47. The summed E-state index contributed by atoms with van der Waals surface area (Å²) in [6.45, 7) is 5.48.